The molecule has 36 heavy (non-hydrogen) atoms. The van der Waals surface area contributed by atoms with Crippen LogP contribution in [0, 0.1) is 10.6 Å². The Balaban J connectivity index is 0.000000455. The first-order chi connectivity index (χ1) is 17.0. The molecule has 0 spiro atoms. The summed E-state index contributed by atoms with van der Waals surface area (Å²) in [6.07, 6.45) is 1.09. The van der Waals surface area contributed by atoms with Crippen LogP contribution in [0.15, 0.2) is 54.6 Å². The molecule has 1 unspecified atom stereocenters. The highest BCUT2D eigenvalue weighted by Gasteiger charge is 2.38. The van der Waals surface area contributed by atoms with E-state index in [2.05, 4.69) is 95.6 Å². The van der Waals surface area contributed by atoms with Gasteiger partial charge in [0.15, 0.2) is 12.1 Å². The summed E-state index contributed by atoms with van der Waals surface area (Å²) in [4.78, 5) is 0. The van der Waals surface area contributed by atoms with E-state index in [9.17, 15) is 18.1 Å². The lowest BCUT2D eigenvalue weighted by atomic mass is 9.82. The van der Waals surface area contributed by atoms with Gasteiger partial charge in [-0.1, -0.05) is 37.3 Å². The quantitative estimate of drug-likeness (QED) is 0.257. The zero-order chi connectivity index (χ0) is 26.3. The molecular weight excluding hydrogens is 476 g/mol. The van der Waals surface area contributed by atoms with Crippen LogP contribution in [-0.2, 0) is 21.1 Å². The fourth-order valence-corrected chi connectivity index (χ4v) is 5.81. The third kappa shape index (κ3) is 4.78. The molecule has 1 aromatic heterocycles. The maximum atomic E-state index is 9.67. The minimum atomic E-state index is -4.41. The zero-order valence-corrected chi connectivity index (χ0v) is 22.3. The van der Waals surface area contributed by atoms with E-state index >= 15 is 0 Å². The molecular formula is C28H34N2O5S. The maximum absolute atomic E-state index is 9.67. The lowest BCUT2D eigenvalue weighted by Crippen LogP contribution is -2.53. The Morgan fingerprint density at radius 3 is 2.44 bits per heavy atom. The second-order valence-electron chi connectivity index (χ2n) is 9.92. The van der Waals surface area contributed by atoms with Gasteiger partial charge >= 0.3 is 0 Å². The molecule has 0 fully saturated rings. The summed E-state index contributed by atoms with van der Waals surface area (Å²) in [5, 5.41) is 17.6. The first kappa shape index (κ1) is 26.3. The summed E-state index contributed by atoms with van der Waals surface area (Å²) in [6, 6.07) is 20.2. The molecule has 1 N–H and O–H groups in total. The van der Waals surface area contributed by atoms with Crippen LogP contribution in [0.2, 0.25) is 0 Å². The number of hydrogen-bond acceptors (Lipinski definition) is 5. The van der Waals surface area contributed by atoms with Crippen LogP contribution in [0.3, 0.4) is 0 Å². The van der Waals surface area contributed by atoms with Gasteiger partial charge in [0.1, 0.15) is 6.61 Å². The van der Waals surface area contributed by atoms with Gasteiger partial charge < -0.3 is 14.2 Å². The van der Waals surface area contributed by atoms with Crippen LogP contribution in [0.25, 0.3) is 21.7 Å². The Kier molecular flexibility index (Phi) is 7.26. The molecule has 0 saturated carbocycles. The van der Waals surface area contributed by atoms with Crippen molar-refractivity contribution in [3.8, 4) is 0 Å². The van der Waals surface area contributed by atoms with Crippen LogP contribution in [-0.4, -0.2) is 48.4 Å². The molecule has 1 atom stereocenters. The average Bonchev–Trinajstić information content (AvgIpc) is 3.16. The van der Waals surface area contributed by atoms with Crippen molar-refractivity contribution in [1.82, 2.24) is 9.14 Å². The maximum Gasteiger partial charge on any atom is 0.217 e. The van der Waals surface area contributed by atoms with Gasteiger partial charge in [0.25, 0.3) is 0 Å². The third-order valence-electron chi connectivity index (χ3n) is 7.20. The lowest BCUT2D eigenvalue weighted by molar-refractivity contribution is 0.213. The van der Waals surface area contributed by atoms with Crippen LogP contribution in [0.5, 0.6) is 0 Å². The summed E-state index contributed by atoms with van der Waals surface area (Å²) >= 11 is 0. The van der Waals surface area contributed by atoms with Gasteiger partial charge in [-0.25, -0.2) is 13.0 Å². The first-order valence-electron chi connectivity index (χ1n) is 12.2. The van der Waals surface area contributed by atoms with Crippen molar-refractivity contribution in [2.45, 2.75) is 52.1 Å². The van der Waals surface area contributed by atoms with Crippen LogP contribution in [0.1, 0.15) is 45.6 Å². The van der Waals surface area contributed by atoms with Crippen LogP contribution in [0.4, 0.5) is 0 Å². The minimum absolute atomic E-state index is 0.0500. The van der Waals surface area contributed by atoms with E-state index in [1.807, 2.05) is 0 Å². The Bertz CT molecular complexity index is 1670. The predicted molar refractivity (Wildman–Crippen MR) is 141 cm³/mol. The molecule has 1 aliphatic rings. The van der Waals surface area contributed by atoms with E-state index in [4.69, 9.17) is 0 Å². The Morgan fingerprint density at radius 2 is 1.83 bits per heavy atom. The van der Waals surface area contributed by atoms with Crippen LogP contribution >= 0.6 is 0 Å². The largest absolute Gasteiger partial charge is 0.726 e. The smallest absolute Gasteiger partial charge is 0.217 e. The normalized spacial score (nSPS) is 18.2. The molecule has 192 valence electrons. The number of nitrogens with zero attached hydrogens (tertiary/aromatic N) is 2. The molecule has 0 amide bonds. The minimum Gasteiger partial charge on any atom is -0.726 e. The summed E-state index contributed by atoms with van der Waals surface area (Å²) in [6.45, 7) is 10.9. The molecule has 5 rings (SSSR count). The lowest BCUT2D eigenvalue weighted by Gasteiger charge is -2.30. The van der Waals surface area contributed by atoms with Gasteiger partial charge in [-0.05, 0) is 55.5 Å². The fourth-order valence-electron chi connectivity index (χ4n) is 5.81. The number of aromatic nitrogens is 1. The van der Waals surface area contributed by atoms with Crippen LogP contribution < -0.4 is 9.93 Å². The standard InChI is InChI=1S/C27H31N2O.CH4O4S/c1-5-28-24-11-7-9-19-8-6-10-21(25(19)24)26(28)20-12-13-23-22(16-20)18(2)17-27(3,4)29(23)14-15-30;1-5-6(2,3)4/h6-13,16,18,30H,5,14-15,17H2,1-4H3;1H3,(H,2,3,4)/q+1;/p-1. The van der Waals surface area contributed by atoms with Crippen molar-refractivity contribution in [3.63, 3.8) is 0 Å². The number of fused-ring (bicyclic) bond motifs is 1. The van der Waals surface area contributed by atoms with Gasteiger partial charge in [0.2, 0.25) is 15.8 Å². The van der Waals surface area contributed by atoms with Gasteiger partial charge in [0, 0.05) is 40.9 Å². The van der Waals surface area contributed by atoms with Gasteiger partial charge in [-0.3, -0.25) is 4.18 Å². The number of aliphatic hydroxyl groups excluding tert-OH is 1. The number of benzene rings is 3. The molecule has 1 aliphatic heterocycles. The van der Waals surface area contributed by atoms with Crippen molar-refractivity contribution in [2.75, 3.05) is 20.3 Å². The fraction of sp³-hybridized carbons (Fsp3) is 0.393. The number of aryl methyl sites for hydroxylation is 1. The van der Waals surface area contributed by atoms with Crippen molar-refractivity contribution in [1.29, 1.82) is 0 Å². The zero-order valence-electron chi connectivity index (χ0n) is 21.5. The molecule has 0 aliphatic carbocycles. The van der Waals surface area contributed by atoms with Crippen molar-refractivity contribution in [3.05, 3.63) is 76.1 Å². The summed E-state index contributed by atoms with van der Waals surface area (Å²) in [5.41, 5.74) is 2.76. The highest BCUT2D eigenvalue weighted by molar-refractivity contribution is 7.80. The van der Waals surface area contributed by atoms with E-state index in [-0.39, 0.29) is 12.1 Å². The summed E-state index contributed by atoms with van der Waals surface area (Å²) in [7, 11) is -3.60. The Labute approximate surface area is 211 Å². The molecule has 0 bridgehead atoms. The second kappa shape index (κ2) is 9.94. The molecule has 2 heterocycles. The third-order valence-corrected chi connectivity index (χ3v) is 7.61. The van der Waals surface area contributed by atoms with Crippen molar-refractivity contribution in [2.24, 2.45) is 0 Å². The predicted octanol–water partition coefficient (Wildman–Crippen LogP) is 3.68. The highest BCUT2D eigenvalue weighted by Crippen LogP contribution is 2.32. The topological polar surface area (TPSA) is 94.6 Å². The molecule has 3 aromatic carbocycles. The molecule has 7 nitrogen and oxygen atoms in total. The van der Waals surface area contributed by atoms with E-state index in [0.717, 1.165) is 20.1 Å². The molecule has 0 saturated heterocycles. The number of hydrogen-bond donors (Lipinski definition) is 1. The van der Waals surface area contributed by atoms with E-state index in [1.165, 1.54) is 43.2 Å². The van der Waals surface area contributed by atoms with E-state index in [0.29, 0.717) is 12.5 Å². The van der Waals surface area contributed by atoms with Crippen molar-refractivity contribution >= 4 is 32.1 Å². The first-order valence-corrected chi connectivity index (χ1v) is 13.6. The number of rotatable bonds is 4. The summed E-state index contributed by atoms with van der Waals surface area (Å²) < 4.78 is 35.9. The van der Waals surface area contributed by atoms with E-state index in [1.54, 1.807) is 0 Å². The van der Waals surface area contributed by atoms with Crippen molar-refractivity contribution < 1.29 is 22.3 Å². The van der Waals surface area contributed by atoms with Gasteiger partial charge in [-0.15, -0.1) is 0 Å². The Hall–Kier alpha value is -2.78. The molecule has 4 aromatic rings. The van der Waals surface area contributed by atoms with Gasteiger partial charge in [0.05, 0.1) is 12.5 Å². The SMILES string of the molecule is CCn1c(=c2ccc3c(c2)C(C)CC(C)(C)[N+]=3CCO)c2cccc3cccc1c32.COS(=O)(=O)[O-]. The highest BCUT2D eigenvalue weighted by atomic mass is 32.3. The molecule has 0 radical (unpaired) electrons. The van der Waals surface area contributed by atoms with E-state index < -0.39 is 10.4 Å². The second-order valence-corrected chi connectivity index (χ2v) is 11.1. The number of β-amino-alcohol motifs (C(OH)–C–C–N with tert-alkyl or cyclic N) is 1. The molecule has 8 heteroatoms. The number of aliphatic hydroxyl groups is 1. The van der Waals surface area contributed by atoms with Gasteiger partial charge in [-0.2, -0.15) is 0 Å². The average molecular weight is 511 g/mol. The monoisotopic (exact) mass is 510 g/mol. The Morgan fingerprint density at radius 1 is 1.17 bits per heavy atom. The summed E-state index contributed by atoms with van der Waals surface area (Å²) in [5.74, 6) is 0.486.